The average Bonchev–Trinajstić information content (AvgIpc) is 2.79. The molecule has 1 rings (SSSR count). The van der Waals surface area contributed by atoms with Crippen molar-refractivity contribution >= 4 is 5.91 Å². The van der Waals surface area contributed by atoms with Crippen molar-refractivity contribution in [3.8, 4) is 0 Å². The van der Waals surface area contributed by atoms with E-state index >= 15 is 0 Å². The minimum absolute atomic E-state index is 0.318. The molecule has 0 aromatic rings. The van der Waals surface area contributed by atoms with Crippen molar-refractivity contribution in [1.82, 2.24) is 5.32 Å². The topological polar surface area (TPSA) is 73.6 Å². The van der Waals surface area contributed by atoms with E-state index in [9.17, 15) is 4.79 Å². The van der Waals surface area contributed by atoms with E-state index in [2.05, 4.69) is 5.32 Å². The van der Waals surface area contributed by atoms with Crippen LogP contribution in [0.3, 0.4) is 0 Å². The Bertz CT molecular complexity index is 242. The third-order valence-electron chi connectivity index (χ3n) is 3.08. The quantitative estimate of drug-likeness (QED) is 0.643. The molecule has 1 fully saturated rings. The SMILES string of the molecule is CCCNC(C)(COCC1CCOC1)C(N)=O. The van der Waals surface area contributed by atoms with E-state index in [1.165, 1.54) is 0 Å². The molecule has 0 aromatic heterocycles. The smallest absolute Gasteiger partial charge is 0.239 e. The van der Waals surface area contributed by atoms with Crippen LogP contribution < -0.4 is 11.1 Å². The maximum absolute atomic E-state index is 11.4. The van der Waals surface area contributed by atoms with Crippen LogP contribution in [0.2, 0.25) is 0 Å². The van der Waals surface area contributed by atoms with Gasteiger partial charge in [-0.3, -0.25) is 4.79 Å². The molecule has 2 atom stereocenters. The van der Waals surface area contributed by atoms with E-state index < -0.39 is 5.54 Å². The van der Waals surface area contributed by atoms with Gasteiger partial charge >= 0.3 is 0 Å². The van der Waals surface area contributed by atoms with Gasteiger partial charge in [0.05, 0.1) is 19.8 Å². The lowest BCUT2D eigenvalue weighted by Crippen LogP contribution is -2.56. The number of ether oxygens (including phenoxy) is 2. The first kappa shape index (κ1) is 14.4. The fraction of sp³-hybridized carbons (Fsp3) is 0.917. The molecular weight excluding hydrogens is 220 g/mol. The summed E-state index contributed by atoms with van der Waals surface area (Å²) in [5, 5.41) is 3.14. The minimum atomic E-state index is -0.768. The third kappa shape index (κ3) is 4.61. The average molecular weight is 244 g/mol. The van der Waals surface area contributed by atoms with Crippen molar-refractivity contribution in [2.75, 3.05) is 33.0 Å². The second-order valence-corrected chi connectivity index (χ2v) is 4.87. The number of carbonyl (C=O) groups is 1. The second-order valence-electron chi connectivity index (χ2n) is 4.87. The zero-order valence-electron chi connectivity index (χ0n) is 10.8. The van der Waals surface area contributed by atoms with E-state index in [1.54, 1.807) is 6.92 Å². The Labute approximate surface area is 103 Å². The van der Waals surface area contributed by atoms with Crippen LogP contribution in [-0.2, 0) is 14.3 Å². The first-order chi connectivity index (χ1) is 8.08. The standard InChI is InChI=1S/C12H24N2O3/c1-3-5-14-12(2,11(13)15)9-17-8-10-4-6-16-7-10/h10,14H,3-9H2,1-2H3,(H2,13,15). The summed E-state index contributed by atoms with van der Waals surface area (Å²) >= 11 is 0. The van der Waals surface area contributed by atoms with Crippen LogP contribution >= 0.6 is 0 Å². The molecule has 1 saturated heterocycles. The summed E-state index contributed by atoms with van der Waals surface area (Å²) in [5.74, 6) is 0.0897. The second kappa shape index (κ2) is 6.93. The number of carbonyl (C=O) groups excluding carboxylic acids is 1. The van der Waals surface area contributed by atoms with Crippen LogP contribution in [0.4, 0.5) is 0 Å². The van der Waals surface area contributed by atoms with Crippen molar-refractivity contribution in [3.63, 3.8) is 0 Å². The summed E-state index contributed by atoms with van der Waals surface area (Å²) in [6, 6.07) is 0. The largest absolute Gasteiger partial charge is 0.381 e. The highest BCUT2D eigenvalue weighted by molar-refractivity contribution is 5.84. The van der Waals surface area contributed by atoms with Crippen molar-refractivity contribution in [2.45, 2.75) is 32.2 Å². The van der Waals surface area contributed by atoms with Gasteiger partial charge in [0.2, 0.25) is 5.91 Å². The summed E-state index contributed by atoms with van der Waals surface area (Å²) in [5.41, 5.74) is 4.63. The van der Waals surface area contributed by atoms with Crippen LogP contribution in [0.25, 0.3) is 0 Å². The Morgan fingerprint density at radius 2 is 2.41 bits per heavy atom. The zero-order chi connectivity index (χ0) is 12.7. The van der Waals surface area contributed by atoms with Crippen LogP contribution in [0.5, 0.6) is 0 Å². The lowest BCUT2D eigenvalue weighted by atomic mass is 10.0. The summed E-state index contributed by atoms with van der Waals surface area (Å²) in [6.07, 6.45) is 2.00. The number of nitrogens with two attached hydrogens (primary N) is 1. The molecule has 0 aromatic carbocycles. The molecule has 100 valence electrons. The normalized spacial score (nSPS) is 23.5. The molecule has 0 spiro atoms. The third-order valence-corrected chi connectivity index (χ3v) is 3.08. The molecule has 3 N–H and O–H groups in total. The van der Waals surface area contributed by atoms with E-state index in [-0.39, 0.29) is 5.91 Å². The van der Waals surface area contributed by atoms with Gasteiger partial charge < -0.3 is 20.5 Å². The highest BCUT2D eigenvalue weighted by Gasteiger charge is 2.31. The van der Waals surface area contributed by atoms with E-state index in [0.717, 1.165) is 32.6 Å². The summed E-state index contributed by atoms with van der Waals surface area (Å²) in [7, 11) is 0. The molecule has 0 bridgehead atoms. The number of hydrogen-bond acceptors (Lipinski definition) is 4. The number of primary amides is 1. The lowest BCUT2D eigenvalue weighted by molar-refractivity contribution is -0.126. The Morgan fingerprint density at radius 1 is 1.65 bits per heavy atom. The molecule has 1 aliphatic heterocycles. The maximum atomic E-state index is 11.4. The summed E-state index contributed by atoms with van der Waals surface area (Å²) in [4.78, 5) is 11.4. The Kier molecular flexibility index (Phi) is 5.88. The number of amides is 1. The molecule has 0 saturated carbocycles. The first-order valence-corrected chi connectivity index (χ1v) is 6.29. The number of nitrogens with one attached hydrogen (secondary N) is 1. The molecule has 0 aliphatic carbocycles. The lowest BCUT2D eigenvalue weighted by Gasteiger charge is -2.27. The van der Waals surface area contributed by atoms with Crippen LogP contribution in [-0.4, -0.2) is 44.4 Å². The van der Waals surface area contributed by atoms with Gasteiger partial charge in [0.1, 0.15) is 5.54 Å². The highest BCUT2D eigenvalue weighted by atomic mass is 16.5. The molecule has 1 amide bonds. The van der Waals surface area contributed by atoms with Gasteiger partial charge in [-0.25, -0.2) is 0 Å². The van der Waals surface area contributed by atoms with Crippen molar-refractivity contribution < 1.29 is 14.3 Å². The fourth-order valence-electron chi connectivity index (χ4n) is 1.75. The Hall–Kier alpha value is -0.650. The minimum Gasteiger partial charge on any atom is -0.381 e. The molecule has 5 heteroatoms. The van der Waals surface area contributed by atoms with E-state index in [1.807, 2.05) is 6.92 Å². The monoisotopic (exact) mass is 244 g/mol. The van der Waals surface area contributed by atoms with Gasteiger partial charge in [0.25, 0.3) is 0 Å². The van der Waals surface area contributed by atoms with Crippen LogP contribution in [0.1, 0.15) is 26.7 Å². The van der Waals surface area contributed by atoms with Gasteiger partial charge in [0.15, 0.2) is 0 Å². The Morgan fingerprint density at radius 3 is 2.94 bits per heavy atom. The molecule has 1 heterocycles. The van der Waals surface area contributed by atoms with E-state index in [4.69, 9.17) is 15.2 Å². The van der Waals surface area contributed by atoms with Gasteiger partial charge in [-0.05, 0) is 26.3 Å². The molecule has 17 heavy (non-hydrogen) atoms. The first-order valence-electron chi connectivity index (χ1n) is 6.29. The Balaban J connectivity index is 2.30. The van der Waals surface area contributed by atoms with Crippen molar-refractivity contribution in [2.24, 2.45) is 11.7 Å². The van der Waals surface area contributed by atoms with Crippen LogP contribution in [0, 0.1) is 5.92 Å². The number of rotatable bonds is 8. The summed E-state index contributed by atoms with van der Waals surface area (Å²) < 4.78 is 10.9. The molecule has 1 aliphatic rings. The van der Waals surface area contributed by atoms with Gasteiger partial charge in [0, 0.05) is 12.5 Å². The van der Waals surface area contributed by atoms with E-state index in [0.29, 0.717) is 19.1 Å². The van der Waals surface area contributed by atoms with Gasteiger partial charge in [-0.15, -0.1) is 0 Å². The molecule has 0 radical (unpaired) electrons. The van der Waals surface area contributed by atoms with Crippen molar-refractivity contribution in [1.29, 1.82) is 0 Å². The molecule has 2 unspecified atom stereocenters. The number of hydrogen-bond donors (Lipinski definition) is 2. The predicted molar refractivity (Wildman–Crippen MR) is 65.6 cm³/mol. The summed E-state index contributed by atoms with van der Waals surface area (Å²) in [6.45, 7) is 7.12. The van der Waals surface area contributed by atoms with Gasteiger partial charge in [-0.2, -0.15) is 0 Å². The van der Waals surface area contributed by atoms with Gasteiger partial charge in [-0.1, -0.05) is 6.92 Å². The fourth-order valence-corrected chi connectivity index (χ4v) is 1.75. The van der Waals surface area contributed by atoms with Crippen LogP contribution in [0.15, 0.2) is 0 Å². The highest BCUT2D eigenvalue weighted by Crippen LogP contribution is 2.13. The maximum Gasteiger partial charge on any atom is 0.239 e. The predicted octanol–water partition coefficient (Wildman–Crippen LogP) is 0.283. The zero-order valence-corrected chi connectivity index (χ0v) is 10.8. The van der Waals surface area contributed by atoms with Crippen molar-refractivity contribution in [3.05, 3.63) is 0 Å². The molecular formula is C12H24N2O3. The molecule has 5 nitrogen and oxygen atoms in total.